The first-order valence-electron chi connectivity index (χ1n) is 5.10. The normalized spacial score (nSPS) is 10.1. The van der Waals surface area contributed by atoms with Gasteiger partial charge in [0.2, 0.25) is 5.91 Å². The summed E-state index contributed by atoms with van der Waals surface area (Å²) in [4.78, 5) is 13.5. The fourth-order valence-corrected chi connectivity index (χ4v) is 1.61. The van der Waals surface area contributed by atoms with Gasteiger partial charge in [-0.05, 0) is 12.8 Å². The van der Waals surface area contributed by atoms with Gasteiger partial charge in [-0.25, -0.2) is 0 Å². The molecule has 0 saturated carbocycles. The number of unbranched alkanes of at least 4 members (excludes halogenated alkanes) is 1. The number of nitrogens with zero attached hydrogens (tertiary/aromatic N) is 1. The van der Waals surface area contributed by atoms with E-state index in [2.05, 4.69) is 22.9 Å². The molecule has 0 rings (SSSR count). The van der Waals surface area contributed by atoms with E-state index >= 15 is 0 Å². The Balaban J connectivity index is 3.83. The number of hydrogen-bond donors (Lipinski definition) is 0. The second kappa shape index (κ2) is 8.54. The molecule has 0 atom stereocenters. The van der Waals surface area contributed by atoms with Crippen LogP contribution in [0.2, 0.25) is 0 Å². The molecule has 78 valence electrons. The topological polar surface area (TPSA) is 20.3 Å². The van der Waals surface area contributed by atoms with E-state index in [0.717, 1.165) is 37.7 Å². The lowest BCUT2D eigenvalue weighted by molar-refractivity contribution is -0.131. The summed E-state index contributed by atoms with van der Waals surface area (Å²) < 4.78 is 0. The first-order chi connectivity index (χ1) is 6.26. The van der Waals surface area contributed by atoms with Crippen molar-refractivity contribution in [2.45, 2.75) is 39.5 Å². The zero-order chi connectivity index (χ0) is 10.1. The minimum Gasteiger partial charge on any atom is -0.342 e. The van der Waals surface area contributed by atoms with Crippen molar-refractivity contribution in [1.29, 1.82) is 0 Å². The van der Waals surface area contributed by atoms with Gasteiger partial charge in [-0.3, -0.25) is 4.79 Å². The Morgan fingerprint density at radius 1 is 1.23 bits per heavy atom. The molecule has 0 bridgehead atoms. The Kier molecular flexibility index (Phi) is 8.51. The predicted octanol–water partition coefficient (Wildman–Crippen LogP) is 2.81. The average Bonchev–Trinajstić information content (AvgIpc) is 2.12. The van der Waals surface area contributed by atoms with Gasteiger partial charge in [-0.15, -0.1) is 0 Å². The van der Waals surface area contributed by atoms with Crippen LogP contribution in [0.1, 0.15) is 39.5 Å². The van der Waals surface area contributed by atoms with E-state index in [1.807, 2.05) is 11.8 Å². The predicted molar refractivity (Wildman–Crippen MR) is 60.2 cm³/mol. The highest BCUT2D eigenvalue weighted by Crippen LogP contribution is 2.01. The first-order valence-corrected chi connectivity index (χ1v) is 6.22. The highest BCUT2D eigenvalue weighted by atomic mass is 79.9. The van der Waals surface area contributed by atoms with Crippen molar-refractivity contribution in [1.82, 2.24) is 4.90 Å². The second-order valence-corrected chi connectivity index (χ2v) is 3.97. The molecule has 0 aliphatic heterocycles. The highest BCUT2D eigenvalue weighted by molar-refractivity contribution is 9.09. The molecular formula is C10H20BrNO. The van der Waals surface area contributed by atoms with E-state index < -0.39 is 0 Å². The third kappa shape index (κ3) is 6.08. The van der Waals surface area contributed by atoms with Crippen LogP contribution in [-0.2, 0) is 4.79 Å². The molecule has 0 radical (unpaired) electrons. The summed E-state index contributed by atoms with van der Waals surface area (Å²) in [6.45, 7) is 5.96. The average molecular weight is 250 g/mol. The molecule has 13 heavy (non-hydrogen) atoms. The molecule has 0 saturated heterocycles. The molecule has 2 nitrogen and oxygen atoms in total. The van der Waals surface area contributed by atoms with Gasteiger partial charge >= 0.3 is 0 Å². The van der Waals surface area contributed by atoms with Crippen molar-refractivity contribution in [3.8, 4) is 0 Å². The molecule has 0 aliphatic rings. The van der Waals surface area contributed by atoms with Crippen LogP contribution in [0.5, 0.6) is 0 Å². The highest BCUT2D eigenvalue weighted by Gasteiger charge is 2.10. The molecule has 0 spiro atoms. The van der Waals surface area contributed by atoms with Crippen LogP contribution in [0, 0.1) is 0 Å². The molecule has 0 aromatic rings. The Morgan fingerprint density at radius 3 is 2.38 bits per heavy atom. The Bertz CT molecular complexity index is 139. The number of amides is 1. The standard InChI is InChI=1S/C10H20BrNO/c1-3-5-8-12(9-7-11)10(13)6-4-2/h3-9H2,1-2H3. The first kappa shape index (κ1) is 12.9. The number of hydrogen-bond acceptors (Lipinski definition) is 1. The smallest absolute Gasteiger partial charge is 0.222 e. The summed E-state index contributed by atoms with van der Waals surface area (Å²) in [7, 11) is 0. The zero-order valence-electron chi connectivity index (χ0n) is 8.68. The van der Waals surface area contributed by atoms with E-state index in [9.17, 15) is 4.79 Å². The lowest BCUT2D eigenvalue weighted by atomic mass is 10.2. The van der Waals surface area contributed by atoms with Gasteiger partial charge in [0.05, 0.1) is 0 Å². The van der Waals surface area contributed by atoms with Crippen LogP contribution >= 0.6 is 15.9 Å². The molecule has 0 unspecified atom stereocenters. The fourth-order valence-electron chi connectivity index (χ4n) is 1.18. The molecule has 0 aromatic carbocycles. The lowest BCUT2D eigenvalue weighted by Gasteiger charge is -2.21. The Hall–Kier alpha value is -0.0500. The maximum atomic E-state index is 11.5. The van der Waals surface area contributed by atoms with Crippen LogP contribution in [-0.4, -0.2) is 29.2 Å². The molecular weight excluding hydrogens is 230 g/mol. The second-order valence-electron chi connectivity index (χ2n) is 3.17. The quantitative estimate of drug-likeness (QED) is 0.636. The zero-order valence-corrected chi connectivity index (χ0v) is 10.3. The molecule has 0 N–H and O–H groups in total. The van der Waals surface area contributed by atoms with E-state index in [4.69, 9.17) is 0 Å². The number of carbonyl (C=O) groups is 1. The van der Waals surface area contributed by atoms with Crippen LogP contribution in [0.15, 0.2) is 0 Å². The van der Waals surface area contributed by atoms with Crippen LogP contribution in [0.4, 0.5) is 0 Å². The number of halogens is 1. The summed E-state index contributed by atoms with van der Waals surface area (Å²) in [5.74, 6) is 0.301. The third-order valence-electron chi connectivity index (χ3n) is 1.95. The van der Waals surface area contributed by atoms with E-state index in [0.29, 0.717) is 12.3 Å². The molecule has 0 aliphatic carbocycles. The van der Waals surface area contributed by atoms with Gasteiger partial charge in [0.15, 0.2) is 0 Å². The lowest BCUT2D eigenvalue weighted by Crippen LogP contribution is -2.33. The van der Waals surface area contributed by atoms with Gasteiger partial charge in [-0.1, -0.05) is 36.2 Å². The minimum absolute atomic E-state index is 0.301. The van der Waals surface area contributed by atoms with Gasteiger partial charge in [-0.2, -0.15) is 0 Å². The van der Waals surface area contributed by atoms with E-state index in [1.54, 1.807) is 0 Å². The van der Waals surface area contributed by atoms with Crippen molar-refractivity contribution < 1.29 is 4.79 Å². The van der Waals surface area contributed by atoms with Crippen LogP contribution in [0.25, 0.3) is 0 Å². The van der Waals surface area contributed by atoms with E-state index in [-0.39, 0.29) is 0 Å². The Morgan fingerprint density at radius 2 is 1.92 bits per heavy atom. The van der Waals surface area contributed by atoms with Gasteiger partial charge in [0.1, 0.15) is 0 Å². The van der Waals surface area contributed by atoms with E-state index in [1.165, 1.54) is 0 Å². The van der Waals surface area contributed by atoms with Gasteiger partial charge in [0, 0.05) is 24.8 Å². The largest absolute Gasteiger partial charge is 0.342 e. The summed E-state index contributed by atoms with van der Waals surface area (Å²) in [6.07, 6.45) is 3.90. The molecule has 0 aromatic heterocycles. The van der Waals surface area contributed by atoms with Crippen molar-refractivity contribution in [2.24, 2.45) is 0 Å². The fraction of sp³-hybridized carbons (Fsp3) is 0.900. The summed E-state index contributed by atoms with van der Waals surface area (Å²) in [6, 6.07) is 0. The molecule has 1 amide bonds. The van der Waals surface area contributed by atoms with Crippen molar-refractivity contribution in [3.63, 3.8) is 0 Å². The summed E-state index contributed by atoms with van der Waals surface area (Å²) >= 11 is 3.37. The number of alkyl halides is 1. The Labute approximate surface area is 89.8 Å². The monoisotopic (exact) mass is 249 g/mol. The summed E-state index contributed by atoms with van der Waals surface area (Å²) in [5, 5.41) is 0.881. The number of rotatable bonds is 7. The molecule has 0 heterocycles. The maximum Gasteiger partial charge on any atom is 0.222 e. The van der Waals surface area contributed by atoms with Crippen LogP contribution in [0.3, 0.4) is 0 Å². The van der Waals surface area contributed by atoms with Gasteiger partial charge in [0.25, 0.3) is 0 Å². The minimum atomic E-state index is 0.301. The van der Waals surface area contributed by atoms with Crippen molar-refractivity contribution in [2.75, 3.05) is 18.4 Å². The summed E-state index contributed by atoms with van der Waals surface area (Å²) in [5.41, 5.74) is 0. The van der Waals surface area contributed by atoms with Crippen molar-refractivity contribution in [3.05, 3.63) is 0 Å². The van der Waals surface area contributed by atoms with Crippen LogP contribution < -0.4 is 0 Å². The number of carbonyl (C=O) groups excluding carboxylic acids is 1. The molecule has 0 fully saturated rings. The SMILES string of the molecule is CCCCN(CCBr)C(=O)CCC. The van der Waals surface area contributed by atoms with Crippen molar-refractivity contribution >= 4 is 21.8 Å². The molecule has 3 heteroatoms. The van der Waals surface area contributed by atoms with Gasteiger partial charge < -0.3 is 4.90 Å². The third-order valence-corrected chi connectivity index (χ3v) is 2.31. The maximum absolute atomic E-state index is 11.5.